The molecule has 2 heterocycles. The highest BCUT2D eigenvalue weighted by molar-refractivity contribution is 8.00. The van der Waals surface area contributed by atoms with Crippen LogP contribution < -0.4 is 4.72 Å². The third kappa shape index (κ3) is 1.91. The molecule has 4 heteroatoms. The van der Waals surface area contributed by atoms with Gasteiger partial charge in [-0.1, -0.05) is 24.3 Å². The Morgan fingerprint density at radius 2 is 2.00 bits per heavy atom. The molecule has 4 rings (SSSR count). The summed E-state index contributed by atoms with van der Waals surface area (Å²) in [4.78, 5) is 5.72. The van der Waals surface area contributed by atoms with Crippen LogP contribution in [-0.4, -0.2) is 10.1 Å². The zero-order valence-electron chi connectivity index (χ0n) is 11.5. The zero-order valence-corrected chi connectivity index (χ0v) is 12.3. The average molecular weight is 294 g/mol. The van der Waals surface area contributed by atoms with Gasteiger partial charge in [0, 0.05) is 22.0 Å². The van der Waals surface area contributed by atoms with Crippen molar-refractivity contribution in [2.45, 2.75) is 17.9 Å². The summed E-state index contributed by atoms with van der Waals surface area (Å²) in [5.41, 5.74) is 5.14. The molecule has 21 heavy (non-hydrogen) atoms. The van der Waals surface area contributed by atoms with Crippen LogP contribution in [0.15, 0.2) is 53.6 Å². The summed E-state index contributed by atoms with van der Waals surface area (Å²) in [5.74, 6) is 0. The second-order valence-corrected chi connectivity index (χ2v) is 6.01. The van der Waals surface area contributed by atoms with Gasteiger partial charge in [0.1, 0.15) is 0 Å². The molecule has 1 unspecified atom stereocenters. The van der Waals surface area contributed by atoms with E-state index in [9.17, 15) is 5.11 Å². The van der Waals surface area contributed by atoms with Crippen LogP contribution in [0.2, 0.25) is 0 Å². The van der Waals surface area contributed by atoms with Crippen LogP contribution in [0.5, 0.6) is 0 Å². The Morgan fingerprint density at radius 1 is 1.14 bits per heavy atom. The van der Waals surface area contributed by atoms with Gasteiger partial charge in [-0.15, -0.1) is 0 Å². The number of nitrogens with one attached hydrogen (secondary N) is 1. The second kappa shape index (κ2) is 4.76. The number of nitrogens with zero attached hydrogens (tertiary/aromatic N) is 1. The Labute approximate surface area is 127 Å². The molecule has 0 saturated carbocycles. The molecule has 1 aromatic heterocycles. The molecule has 0 saturated heterocycles. The maximum Gasteiger partial charge on any atom is 0.0951 e. The molecule has 1 aliphatic heterocycles. The summed E-state index contributed by atoms with van der Waals surface area (Å²) < 4.78 is 3.40. The molecule has 1 aliphatic rings. The van der Waals surface area contributed by atoms with Crippen molar-refractivity contribution >= 4 is 28.5 Å². The summed E-state index contributed by atoms with van der Waals surface area (Å²) in [5, 5.41) is 11.1. The molecule has 2 aromatic carbocycles. The largest absolute Gasteiger partial charge is 0.389 e. The van der Waals surface area contributed by atoms with Gasteiger partial charge in [-0.2, -0.15) is 0 Å². The van der Waals surface area contributed by atoms with Crippen molar-refractivity contribution in [3.05, 3.63) is 54.2 Å². The van der Waals surface area contributed by atoms with Gasteiger partial charge in [0.2, 0.25) is 0 Å². The number of anilines is 1. The third-order valence-electron chi connectivity index (χ3n) is 3.82. The fourth-order valence-electron chi connectivity index (χ4n) is 2.82. The van der Waals surface area contributed by atoms with Gasteiger partial charge in [-0.05, 0) is 48.2 Å². The minimum atomic E-state index is -0.524. The van der Waals surface area contributed by atoms with Crippen LogP contribution in [0.25, 0.3) is 22.0 Å². The van der Waals surface area contributed by atoms with Gasteiger partial charge >= 0.3 is 0 Å². The van der Waals surface area contributed by atoms with Crippen molar-refractivity contribution in [1.29, 1.82) is 0 Å². The molecule has 0 fully saturated rings. The number of aliphatic hydroxyl groups excluding tert-OH is 1. The van der Waals surface area contributed by atoms with Crippen molar-refractivity contribution in [3.63, 3.8) is 0 Å². The molecule has 3 aromatic rings. The number of aromatic nitrogens is 1. The molecule has 0 bridgehead atoms. The fraction of sp³-hybridized carbons (Fsp3) is 0.118. The molecule has 0 spiro atoms. The summed E-state index contributed by atoms with van der Waals surface area (Å²) in [7, 11) is 0. The molecule has 0 amide bonds. The predicted octanol–water partition coefficient (Wildman–Crippen LogP) is 4.39. The van der Waals surface area contributed by atoms with E-state index >= 15 is 0 Å². The predicted molar refractivity (Wildman–Crippen MR) is 87.3 cm³/mol. The van der Waals surface area contributed by atoms with Crippen molar-refractivity contribution in [2.75, 3.05) is 4.72 Å². The first-order valence-electron chi connectivity index (χ1n) is 6.87. The lowest BCUT2D eigenvalue weighted by Gasteiger charge is -2.23. The van der Waals surface area contributed by atoms with E-state index in [1.165, 1.54) is 10.5 Å². The monoisotopic (exact) mass is 294 g/mol. The summed E-state index contributed by atoms with van der Waals surface area (Å²) in [6.45, 7) is 1.80. The van der Waals surface area contributed by atoms with E-state index in [-0.39, 0.29) is 0 Å². The number of pyridine rings is 1. The quantitative estimate of drug-likeness (QED) is 0.653. The van der Waals surface area contributed by atoms with Crippen molar-refractivity contribution in [1.82, 2.24) is 4.98 Å². The van der Waals surface area contributed by atoms with E-state index in [2.05, 4.69) is 27.9 Å². The maximum atomic E-state index is 10.1. The van der Waals surface area contributed by atoms with Crippen LogP contribution in [0.3, 0.4) is 0 Å². The van der Waals surface area contributed by atoms with Gasteiger partial charge in [0.05, 0.1) is 17.3 Å². The van der Waals surface area contributed by atoms with E-state index in [4.69, 9.17) is 0 Å². The normalized spacial score (nSPS) is 14.2. The molecular weight excluding hydrogens is 280 g/mol. The van der Waals surface area contributed by atoms with Crippen LogP contribution in [-0.2, 0) is 0 Å². The van der Waals surface area contributed by atoms with Crippen LogP contribution in [0.1, 0.15) is 18.6 Å². The highest BCUT2D eigenvalue weighted by Gasteiger charge is 2.22. The van der Waals surface area contributed by atoms with Gasteiger partial charge in [-0.25, -0.2) is 0 Å². The lowest BCUT2D eigenvalue weighted by atomic mass is 9.95. The number of hydrogen-bond acceptors (Lipinski definition) is 4. The standard InChI is InChI=1S/C17H14N2OS/c1-10(20)13-9-14-11-5-2-3-7-15(11)21-19-17(14)16-12(13)6-4-8-18-16/h2-10,19-20H,1H3. The number of fused-ring (bicyclic) bond motifs is 5. The lowest BCUT2D eigenvalue weighted by molar-refractivity contribution is 0.201. The second-order valence-electron chi connectivity index (χ2n) is 5.16. The van der Waals surface area contributed by atoms with Gasteiger partial charge in [0.15, 0.2) is 0 Å². The van der Waals surface area contributed by atoms with Gasteiger partial charge < -0.3 is 9.83 Å². The van der Waals surface area contributed by atoms with E-state index in [0.717, 1.165) is 27.7 Å². The van der Waals surface area contributed by atoms with Crippen molar-refractivity contribution in [2.24, 2.45) is 0 Å². The zero-order chi connectivity index (χ0) is 14.4. The molecule has 0 radical (unpaired) electrons. The lowest BCUT2D eigenvalue weighted by Crippen LogP contribution is -2.04. The molecule has 1 atom stereocenters. The summed E-state index contributed by atoms with van der Waals surface area (Å²) in [6, 6.07) is 14.3. The Bertz CT molecular complexity index is 845. The molecule has 2 N–H and O–H groups in total. The fourth-order valence-corrected chi connectivity index (χ4v) is 3.67. The molecule has 3 nitrogen and oxygen atoms in total. The number of rotatable bonds is 1. The first-order chi connectivity index (χ1) is 10.3. The van der Waals surface area contributed by atoms with E-state index in [1.807, 2.05) is 24.3 Å². The van der Waals surface area contributed by atoms with Crippen molar-refractivity contribution < 1.29 is 5.11 Å². The SMILES string of the molecule is CC(O)c1cc2c(c3ncccc13)NSc1ccccc1-2. The van der Waals surface area contributed by atoms with E-state index < -0.39 is 6.10 Å². The van der Waals surface area contributed by atoms with E-state index in [1.54, 1.807) is 25.1 Å². The highest BCUT2D eigenvalue weighted by atomic mass is 32.2. The Kier molecular flexibility index (Phi) is 2.87. The first-order valence-corrected chi connectivity index (χ1v) is 7.69. The summed E-state index contributed by atoms with van der Waals surface area (Å²) in [6.07, 6.45) is 1.27. The molecule has 0 aliphatic carbocycles. The van der Waals surface area contributed by atoms with Crippen LogP contribution in [0, 0.1) is 0 Å². The van der Waals surface area contributed by atoms with Gasteiger partial charge in [0.25, 0.3) is 0 Å². The smallest absolute Gasteiger partial charge is 0.0951 e. The third-order valence-corrected chi connectivity index (χ3v) is 4.70. The molecule has 104 valence electrons. The minimum Gasteiger partial charge on any atom is -0.389 e. The number of aliphatic hydroxyl groups is 1. The number of benzene rings is 2. The van der Waals surface area contributed by atoms with Gasteiger partial charge in [-0.3, -0.25) is 4.98 Å². The maximum absolute atomic E-state index is 10.1. The topological polar surface area (TPSA) is 45.2 Å². The Morgan fingerprint density at radius 3 is 2.86 bits per heavy atom. The van der Waals surface area contributed by atoms with Crippen molar-refractivity contribution in [3.8, 4) is 11.1 Å². The highest BCUT2D eigenvalue weighted by Crippen LogP contribution is 2.46. The number of hydrogen-bond donors (Lipinski definition) is 2. The Hall–Kier alpha value is -2.04. The first kappa shape index (κ1) is 12.7. The van der Waals surface area contributed by atoms with Crippen LogP contribution >= 0.6 is 11.9 Å². The van der Waals surface area contributed by atoms with E-state index in [0.29, 0.717) is 0 Å². The average Bonchev–Trinajstić information content (AvgIpc) is 2.53. The van der Waals surface area contributed by atoms with Crippen LogP contribution in [0.4, 0.5) is 5.69 Å². The minimum absolute atomic E-state index is 0.524. The Balaban J connectivity index is 2.12. The summed E-state index contributed by atoms with van der Waals surface area (Å²) >= 11 is 1.61. The molecular formula is C17H14N2OS.